The molecule has 2 aliphatic carbocycles. The van der Waals surface area contributed by atoms with Gasteiger partial charge in [-0.25, -0.2) is 0 Å². The summed E-state index contributed by atoms with van der Waals surface area (Å²) in [6.45, 7) is 6.54. The number of para-hydroxylation sites is 4. The average Bonchev–Trinajstić information content (AvgIpc) is 1.59. The molecular weight excluding hydrogens is 2260 g/mol. The van der Waals surface area contributed by atoms with Crippen molar-refractivity contribution in [3.63, 3.8) is 0 Å². The van der Waals surface area contributed by atoms with E-state index in [0.29, 0.717) is 46.3 Å². The fourth-order valence-corrected chi connectivity index (χ4v) is 16.7. The number of non-ortho nitro benzene ring substituents is 1. The van der Waals surface area contributed by atoms with Gasteiger partial charge < -0.3 is 29.5 Å². The zero-order chi connectivity index (χ0) is 92.3. The maximum atomic E-state index is 10.6. The smallest absolute Gasteiger partial charge is 0.574 e. The zero-order valence-corrected chi connectivity index (χ0v) is 82.6. The van der Waals surface area contributed by atoms with E-state index in [2.05, 4.69) is 327 Å². The number of rotatable bonds is 14. The molecule has 12 aromatic carbocycles. The summed E-state index contributed by atoms with van der Waals surface area (Å²) in [5, 5.41) is 73.2. The van der Waals surface area contributed by atoms with Crippen molar-refractivity contribution in [2.75, 3.05) is 16.8 Å². The molecule has 0 fully saturated rings. The van der Waals surface area contributed by atoms with E-state index in [1.54, 1.807) is 24.7 Å². The van der Waals surface area contributed by atoms with Crippen LogP contribution in [0, 0.1) is 47.1 Å². The predicted octanol–water partition coefficient (Wildman–Crippen LogP) is 23.2. The van der Waals surface area contributed by atoms with E-state index < -0.39 is 4.92 Å². The molecule has 3 aliphatic rings. The van der Waals surface area contributed by atoms with Crippen molar-refractivity contribution in [1.82, 2.24) is 95.9 Å². The van der Waals surface area contributed by atoms with Crippen molar-refractivity contribution in [2.24, 2.45) is 0 Å². The fourth-order valence-electron chi connectivity index (χ4n) is 16.7. The summed E-state index contributed by atoms with van der Waals surface area (Å²) in [6.07, 6.45) is 20.1. The molecule has 0 N–H and O–H groups in total. The Hall–Kier alpha value is -15.7. The van der Waals surface area contributed by atoms with E-state index in [1.165, 1.54) is 116 Å². The number of nitrogens with zero attached hydrogens (tertiary/aromatic N) is 22. The van der Waals surface area contributed by atoms with Gasteiger partial charge in [0.05, 0.1) is 11.0 Å². The molecule has 0 spiro atoms. The summed E-state index contributed by atoms with van der Waals surface area (Å²) in [5.74, 6) is 3.31. The normalized spacial score (nSPS) is 11.9. The first-order valence-electron chi connectivity index (χ1n) is 44.7. The van der Waals surface area contributed by atoms with Gasteiger partial charge in [-0.3, -0.25) is 25.1 Å². The van der Waals surface area contributed by atoms with Crippen molar-refractivity contribution < 1.29 is 65.2 Å². The van der Waals surface area contributed by atoms with E-state index in [9.17, 15) is 10.1 Å². The van der Waals surface area contributed by atoms with Crippen LogP contribution in [0.5, 0.6) is 0 Å². The third kappa shape index (κ3) is 22.7. The third-order valence-corrected chi connectivity index (χ3v) is 23.5. The van der Waals surface area contributed by atoms with Crippen LogP contribution >= 0.6 is 0 Å². The van der Waals surface area contributed by atoms with Crippen LogP contribution in [0.1, 0.15) is 73.3 Å². The molecule has 21 aromatic rings. The molecule has 27 heteroatoms. The first kappa shape index (κ1) is 96.4. The van der Waals surface area contributed by atoms with Gasteiger partial charge in [0.15, 0.2) is 5.69 Å². The van der Waals surface area contributed by atoms with Crippen molar-refractivity contribution in [2.45, 2.75) is 71.1 Å². The number of hydrogen-bond acceptors (Lipinski definition) is 21. The number of fused-ring (bicyclic) bond motifs is 7. The van der Waals surface area contributed by atoms with Gasteiger partial charge in [0, 0.05) is 127 Å². The fraction of sp³-hybridized carbons (Fsp3) is 0.107. The van der Waals surface area contributed by atoms with E-state index in [-0.39, 0.29) is 71.8 Å². The Morgan fingerprint density at radius 1 is 0.410 bits per heavy atom. The van der Waals surface area contributed by atoms with E-state index in [0.717, 1.165) is 104 Å². The van der Waals surface area contributed by atoms with Gasteiger partial charge >= 0.3 is 20.1 Å². The van der Waals surface area contributed by atoms with Crippen molar-refractivity contribution in [3.05, 3.63) is 428 Å². The second kappa shape index (κ2) is 46.2. The minimum atomic E-state index is -0.490. The number of aromatic nitrogens is 19. The second-order valence-corrected chi connectivity index (χ2v) is 32.6. The maximum Gasteiger partial charge on any atom is 3.00 e. The minimum Gasteiger partial charge on any atom is -0.574 e. The summed E-state index contributed by atoms with van der Waals surface area (Å²) in [5.41, 5.74) is 26.9. The van der Waals surface area contributed by atoms with Gasteiger partial charge in [-0.05, 0) is 163 Å². The number of nitro benzene ring substituents is 1. The Labute approximate surface area is 844 Å². The van der Waals surface area contributed by atoms with Crippen molar-refractivity contribution in [1.29, 1.82) is 0 Å². The van der Waals surface area contributed by atoms with Crippen LogP contribution in [0.25, 0.3) is 152 Å². The summed E-state index contributed by atoms with van der Waals surface area (Å²) >= 11 is 0. The predicted molar refractivity (Wildman–Crippen MR) is 530 cm³/mol. The quantitative estimate of drug-likeness (QED) is 0.0555. The number of benzene rings is 12. The molecule has 0 atom stereocenters. The minimum absolute atomic E-state index is 0. The van der Waals surface area contributed by atoms with Crippen LogP contribution in [0.4, 0.5) is 22.7 Å². The van der Waals surface area contributed by atoms with Crippen LogP contribution in [0.3, 0.4) is 0 Å². The molecule has 10 heterocycles. The monoisotopic (exact) mass is 2350 g/mol. The number of anilines is 3. The number of aryl methyl sites for hydroxylation is 2. The zero-order valence-electron chi connectivity index (χ0n) is 75.5. The van der Waals surface area contributed by atoms with E-state index in [1.807, 2.05) is 146 Å². The number of nitro groups is 1. The molecule has 0 saturated carbocycles. The van der Waals surface area contributed by atoms with Crippen LogP contribution in [-0.4, -0.2) is 103 Å². The van der Waals surface area contributed by atoms with E-state index in [4.69, 9.17) is 0 Å². The Morgan fingerprint density at radius 2 is 1.02 bits per heavy atom. The van der Waals surface area contributed by atoms with Crippen LogP contribution in [0.2, 0.25) is 0 Å². The largest absolute Gasteiger partial charge is 3.00 e. The Bertz CT molecular complexity index is 7510. The van der Waals surface area contributed by atoms with Gasteiger partial charge in [-0.2, -0.15) is 61.0 Å². The van der Waals surface area contributed by atoms with Crippen molar-refractivity contribution in [3.8, 4) is 119 Å². The molecule has 2 radical (unpaired) electrons. The molecule has 0 unspecified atom stereocenters. The molecule has 9 aromatic heterocycles. The van der Waals surface area contributed by atoms with Crippen LogP contribution < -0.4 is 14.9 Å². The molecule has 0 amide bonds. The number of hydrogen-bond donors (Lipinski definition) is 0. The molecule has 0 bridgehead atoms. The average molecular weight is 2350 g/mol. The molecule has 24 rings (SSSR count). The van der Waals surface area contributed by atoms with E-state index >= 15 is 0 Å². The maximum absolute atomic E-state index is 10.6. The molecule has 686 valence electrons. The Morgan fingerprint density at radius 3 is 1.73 bits per heavy atom. The Balaban J connectivity index is 0.000000121. The van der Waals surface area contributed by atoms with Gasteiger partial charge in [0.25, 0.3) is 0 Å². The van der Waals surface area contributed by atoms with Crippen LogP contribution in [0.15, 0.2) is 353 Å². The summed E-state index contributed by atoms with van der Waals surface area (Å²) in [6, 6.07) is 120. The van der Waals surface area contributed by atoms with Gasteiger partial charge in [-0.1, -0.05) is 214 Å². The van der Waals surface area contributed by atoms with Gasteiger partial charge in [0.2, 0.25) is 17.5 Å². The third-order valence-electron chi connectivity index (χ3n) is 23.5. The van der Waals surface area contributed by atoms with Gasteiger partial charge in [-0.15, -0.1) is 154 Å². The Kier molecular flexibility index (Phi) is 32.0. The molecule has 139 heavy (non-hydrogen) atoms. The van der Waals surface area contributed by atoms with Crippen LogP contribution in [-0.2, 0) is 86.0 Å². The first-order valence-corrected chi connectivity index (χ1v) is 44.7. The SMILES string of the molecule is CC(C)c1cc[c-]c(N2[CH-]N(C)c3ccccc32)c1.O=[N+]([O-])c1c[c-]c(-c2nnc(-c3ccccc3)nn2)cc1.[Ir+3].[Ir].[Ir].[c-]1ccc2c(c1-c1nnc(-c3cccc4c3CCCC4)nn1)CCCC2.[c-]1ccc2cc(-c3cccnc3)ccc2c1-c1ccccn1.[c-]1ccccc1-c1nnc(-c2ccccn2)nn1.c1ccc(-n2c3ccccc3c3cc(-c4ccnc(-c5ccn[n-]5)c4)ccc32)cc1. The topological polar surface area (TPSA) is 288 Å². The summed E-state index contributed by atoms with van der Waals surface area (Å²) in [7, 11) is 2.07. The molecule has 24 nitrogen and oxygen atoms in total. The molecular formula is C112H85Ir3N22O2-4. The second-order valence-electron chi connectivity index (χ2n) is 32.6. The first-order chi connectivity index (χ1) is 67.0. The summed E-state index contributed by atoms with van der Waals surface area (Å²) in [4.78, 5) is 31.7. The summed E-state index contributed by atoms with van der Waals surface area (Å²) < 4.78 is 2.33. The number of pyridine rings is 4. The standard InChI is InChI=1S/C26H17N4.C22H21N4.C20H13N2.C17H18N2.C14H8N5O2.C13H8N5.3Ir/c1-2-6-20(7-3-1)30-25-9-5-4-8-21(25)22-16-18(10-11-26(22)30)19-12-14-27-24(17-19)23-13-15-28-29-23;1-3-11-17-15(7-1)9-5-13-19(17)21-23-25-22(26-24-21)20-14-6-10-16-8-2-4-12-18(16)20;1-2-12-22-20(8-1)19-7-3-5-16-13-15(9-10-18(16)19)17-6-4-11-21-14-17;1-13(2)14-7-6-8-15(11-14)19-12-18(3)16-9-4-5-10-17(16)19;20-19(21)12-8-6-11(7-9-12)14-17-15-13(16-18-14)10-4-2-1-3-5-10;1-2-6-10(7-3-1)12-15-17-13(18-16-12)11-8-4-5-9-14-11;;;/h1-17H;5-6,9-10,13H,1-4,7-8,11-12H2;1-6,8-14H;4-7,9-13H,1-3H3;1-6,8-9H;1-6,8-9H;;;/q3*-1;-2;2*-1;;;+3. The molecule has 0 saturated heterocycles. The molecule has 1 aliphatic heterocycles. The van der Waals surface area contributed by atoms with Gasteiger partial charge in [0.1, 0.15) is 23.2 Å². The van der Waals surface area contributed by atoms with Crippen molar-refractivity contribution >= 4 is 55.3 Å².